The number of nitrogens with two attached hydrogens (primary N) is 2. The number of nitrogens with zero attached hydrogens (tertiary/aromatic N) is 2. The Morgan fingerprint density at radius 3 is 2.39 bits per heavy atom. The molecule has 0 radical (unpaired) electrons. The molecule has 1 heterocycles. The number of rotatable bonds is 5. The average Bonchev–Trinajstić information content (AvgIpc) is 2.24. The van der Waals surface area contributed by atoms with Gasteiger partial charge in [-0.1, -0.05) is 11.8 Å². The van der Waals surface area contributed by atoms with E-state index in [-0.39, 0.29) is 29.2 Å². The molecule has 0 amide bonds. The van der Waals surface area contributed by atoms with Crippen molar-refractivity contribution in [3.05, 3.63) is 6.07 Å². The van der Waals surface area contributed by atoms with Crippen molar-refractivity contribution < 1.29 is 14.3 Å². The molecule has 0 fully saturated rings. The maximum Gasteiger partial charge on any atom is 0.327 e. The molecule has 0 aliphatic carbocycles. The second kappa shape index (κ2) is 6.20. The smallest absolute Gasteiger partial charge is 0.327 e. The van der Waals surface area contributed by atoms with Crippen LogP contribution in [0, 0.1) is 0 Å². The Morgan fingerprint density at radius 1 is 1.39 bits per heavy atom. The van der Waals surface area contributed by atoms with Crippen LogP contribution in [0.5, 0.6) is 0 Å². The van der Waals surface area contributed by atoms with Gasteiger partial charge >= 0.3 is 5.97 Å². The van der Waals surface area contributed by atoms with Crippen LogP contribution in [-0.4, -0.2) is 33.6 Å². The number of Topliss-reactive ketones (excluding diaryl/α,β-unsaturated/α-hetero) is 1. The second-order valence-corrected chi connectivity index (χ2v) is 4.43. The number of ether oxygens (including phenoxy) is 1. The van der Waals surface area contributed by atoms with Crippen LogP contribution in [0.15, 0.2) is 11.2 Å². The van der Waals surface area contributed by atoms with Gasteiger partial charge in [0.15, 0.2) is 16.2 Å². The minimum atomic E-state index is -1.01. The molecule has 18 heavy (non-hydrogen) atoms. The summed E-state index contributed by atoms with van der Waals surface area (Å²) in [7, 11) is 0. The van der Waals surface area contributed by atoms with Crippen LogP contribution in [0.2, 0.25) is 0 Å². The van der Waals surface area contributed by atoms with Gasteiger partial charge in [-0.3, -0.25) is 9.59 Å². The number of thioether (sulfide) groups is 1. The van der Waals surface area contributed by atoms with E-state index in [1.807, 2.05) is 0 Å². The molecule has 4 N–H and O–H groups in total. The van der Waals surface area contributed by atoms with Crippen LogP contribution in [0.4, 0.5) is 11.6 Å². The molecule has 98 valence electrons. The van der Waals surface area contributed by atoms with Crippen LogP contribution in [0.25, 0.3) is 0 Å². The average molecular weight is 270 g/mol. The zero-order valence-corrected chi connectivity index (χ0v) is 10.9. The zero-order chi connectivity index (χ0) is 13.7. The van der Waals surface area contributed by atoms with Gasteiger partial charge in [0.25, 0.3) is 0 Å². The van der Waals surface area contributed by atoms with E-state index >= 15 is 0 Å². The zero-order valence-electron chi connectivity index (χ0n) is 10.0. The highest BCUT2D eigenvalue weighted by Gasteiger charge is 2.27. The Labute approximate surface area is 108 Å². The van der Waals surface area contributed by atoms with Gasteiger partial charge in [-0.25, -0.2) is 9.97 Å². The lowest BCUT2D eigenvalue weighted by Gasteiger charge is -2.11. The van der Waals surface area contributed by atoms with E-state index in [9.17, 15) is 9.59 Å². The lowest BCUT2D eigenvalue weighted by Crippen LogP contribution is -2.27. The van der Waals surface area contributed by atoms with Crippen molar-refractivity contribution in [2.45, 2.75) is 24.3 Å². The molecule has 0 aromatic carbocycles. The Bertz CT molecular complexity index is 446. The van der Waals surface area contributed by atoms with E-state index in [1.54, 1.807) is 6.92 Å². The second-order valence-electron chi connectivity index (χ2n) is 3.36. The summed E-state index contributed by atoms with van der Waals surface area (Å²) < 4.78 is 4.80. The number of hydrogen-bond acceptors (Lipinski definition) is 8. The monoisotopic (exact) mass is 270 g/mol. The fraction of sp³-hybridized carbons (Fsp3) is 0.400. The molecular weight excluding hydrogens is 256 g/mol. The molecule has 8 heteroatoms. The van der Waals surface area contributed by atoms with Gasteiger partial charge < -0.3 is 16.2 Å². The standard InChI is InChI=1S/C10H14N4O3S/c1-3-17-9(16)8(5(2)15)18-10-13-6(11)4-7(12)14-10/h4,8H,3H2,1-2H3,(H4,11,12,13,14). The summed E-state index contributed by atoms with van der Waals surface area (Å²) in [6.45, 7) is 3.15. The van der Waals surface area contributed by atoms with Crippen LogP contribution >= 0.6 is 11.8 Å². The Hall–Kier alpha value is -1.83. The maximum atomic E-state index is 11.6. The van der Waals surface area contributed by atoms with Gasteiger partial charge in [-0.2, -0.15) is 0 Å². The van der Waals surface area contributed by atoms with Gasteiger partial charge in [0, 0.05) is 6.07 Å². The predicted octanol–water partition coefficient (Wildman–Crippen LogP) is 0.254. The minimum Gasteiger partial charge on any atom is -0.465 e. The Morgan fingerprint density at radius 2 is 1.94 bits per heavy atom. The van der Waals surface area contributed by atoms with E-state index in [0.29, 0.717) is 0 Å². The highest BCUT2D eigenvalue weighted by molar-refractivity contribution is 8.01. The third kappa shape index (κ3) is 3.88. The first-order valence-corrected chi connectivity index (χ1v) is 6.05. The molecule has 1 rings (SSSR count). The van der Waals surface area contributed by atoms with E-state index in [4.69, 9.17) is 16.2 Å². The summed E-state index contributed by atoms with van der Waals surface area (Å²) in [6.07, 6.45) is 0. The van der Waals surface area contributed by atoms with E-state index in [2.05, 4.69) is 9.97 Å². The molecule has 1 aromatic rings. The van der Waals surface area contributed by atoms with Crippen LogP contribution < -0.4 is 11.5 Å². The maximum absolute atomic E-state index is 11.6. The molecule has 0 saturated heterocycles. The van der Waals surface area contributed by atoms with Crippen molar-refractivity contribution in [3.8, 4) is 0 Å². The molecule has 1 unspecified atom stereocenters. The number of nitrogen functional groups attached to an aromatic ring is 2. The van der Waals surface area contributed by atoms with E-state index in [0.717, 1.165) is 11.8 Å². The SMILES string of the molecule is CCOC(=O)C(Sc1nc(N)cc(N)n1)C(C)=O. The summed E-state index contributed by atoms with van der Waals surface area (Å²) in [6, 6.07) is 1.39. The molecule has 1 atom stereocenters. The third-order valence-corrected chi connectivity index (χ3v) is 2.99. The van der Waals surface area contributed by atoms with E-state index in [1.165, 1.54) is 13.0 Å². The lowest BCUT2D eigenvalue weighted by atomic mass is 10.3. The first kappa shape index (κ1) is 14.2. The summed E-state index contributed by atoms with van der Waals surface area (Å²) in [5.41, 5.74) is 11.0. The largest absolute Gasteiger partial charge is 0.465 e. The number of anilines is 2. The summed E-state index contributed by atoms with van der Waals surface area (Å²) >= 11 is 0.867. The summed E-state index contributed by atoms with van der Waals surface area (Å²) in [5.74, 6) is -0.616. The number of carbonyl (C=O) groups excluding carboxylic acids is 2. The molecule has 0 aliphatic rings. The molecule has 7 nitrogen and oxygen atoms in total. The van der Waals surface area contributed by atoms with Crippen molar-refractivity contribution in [3.63, 3.8) is 0 Å². The van der Waals surface area contributed by atoms with Crippen LogP contribution in [0.3, 0.4) is 0 Å². The topological polar surface area (TPSA) is 121 Å². The number of carbonyl (C=O) groups is 2. The number of hydrogen-bond donors (Lipinski definition) is 2. The van der Waals surface area contributed by atoms with Gasteiger partial charge in [0.1, 0.15) is 11.6 Å². The van der Waals surface area contributed by atoms with Gasteiger partial charge in [-0.05, 0) is 13.8 Å². The van der Waals surface area contributed by atoms with Crippen LogP contribution in [0.1, 0.15) is 13.8 Å². The number of ketones is 1. The van der Waals surface area contributed by atoms with Gasteiger partial charge in [0.2, 0.25) is 0 Å². The molecule has 1 aromatic heterocycles. The van der Waals surface area contributed by atoms with Crippen molar-refractivity contribution in [1.82, 2.24) is 9.97 Å². The molecular formula is C10H14N4O3S. The summed E-state index contributed by atoms with van der Waals surface area (Å²) in [5, 5.41) is -0.841. The quantitative estimate of drug-likeness (QED) is 0.338. The normalized spacial score (nSPS) is 11.9. The molecule has 0 saturated carbocycles. The number of esters is 1. The Kier molecular flexibility index (Phi) is 4.90. The first-order valence-electron chi connectivity index (χ1n) is 5.17. The molecule has 0 spiro atoms. The third-order valence-electron chi connectivity index (χ3n) is 1.84. The van der Waals surface area contributed by atoms with Crippen molar-refractivity contribution in [2.75, 3.05) is 18.1 Å². The minimum absolute atomic E-state index is 0.167. The Balaban J connectivity index is 2.89. The fourth-order valence-corrected chi connectivity index (χ4v) is 1.99. The predicted molar refractivity (Wildman–Crippen MR) is 67.8 cm³/mol. The lowest BCUT2D eigenvalue weighted by molar-refractivity contribution is -0.144. The first-order chi connectivity index (χ1) is 8.43. The highest BCUT2D eigenvalue weighted by atomic mass is 32.2. The van der Waals surface area contributed by atoms with Crippen molar-refractivity contribution in [2.24, 2.45) is 0 Å². The molecule has 0 aliphatic heterocycles. The van der Waals surface area contributed by atoms with Crippen LogP contribution in [-0.2, 0) is 14.3 Å². The highest BCUT2D eigenvalue weighted by Crippen LogP contribution is 2.23. The van der Waals surface area contributed by atoms with Crippen molar-refractivity contribution in [1.29, 1.82) is 0 Å². The fourth-order valence-electron chi connectivity index (χ4n) is 1.14. The van der Waals surface area contributed by atoms with Gasteiger partial charge in [-0.15, -0.1) is 0 Å². The van der Waals surface area contributed by atoms with Crippen molar-refractivity contribution >= 4 is 35.2 Å². The van der Waals surface area contributed by atoms with E-state index < -0.39 is 11.2 Å². The van der Waals surface area contributed by atoms with Gasteiger partial charge in [0.05, 0.1) is 6.61 Å². The molecule has 0 bridgehead atoms. The summed E-state index contributed by atoms with van der Waals surface area (Å²) in [4.78, 5) is 30.7. The number of aromatic nitrogens is 2.